The summed E-state index contributed by atoms with van der Waals surface area (Å²) >= 11 is 0. The molecule has 0 atom stereocenters. The molecular weight excluding hydrogens is 164 g/mol. The number of aliphatic carboxylic acids is 1. The van der Waals surface area contributed by atoms with Crippen molar-refractivity contribution < 1.29 is 9.90 Å². The molecule has 0 aliphatic heterocycles. The highest BCUT2D eigenvalue weighted by Crippen LogP contribution is 2.32. The van der Waals surface area contributed by atoms with Gasteiger partial charge in [0.25, 0.3) is 0 Å². The summed E-state index contributed by atoms with van der Waals surface area (Å²) in [5.41, 5.74) is 3.07. The molecule has 0 aromatic rings. The molecule has 0 bridgehead atoms. The van der Waals surface area contributed by atoms with E-state index in [1.54, 1.807) is 6.08 Å². The summed E-state index contributed by atoms with van der Waals surface area (Å²) in [6.07, 6.45) is 9.88. The zero-order chi connectivity index (χ0) is 9.26. The first kappa shape index (κ1) is 8.30. The molecule has 0 aromatic carbocycles. The van der Waals surface area contributed by atoms with Crippen LogP contribution < -0.4 is 0 Å². The first-order chi connectivity index (χ1) is 6.27. The lowest BCUT2D eigenvalue weighted by Gasteiger charge is -2.20. The Hall–Kier alpha value is -1.31. The Kier molecular flexibility index (Phi) is 2.05. The Morgan fingerprint density at radius 3 is 2.92 bits per heavy atom. The van der Waals surface area contributed by atoms with E-state index in [9.17, 15) is 4.79 Å². The molecule has 2 aliphatic carbocycles. The maximum absolute atomic E-state index is 10.7. The predicted molar refractivity (Wildman–Crippen MR) is 50.4 cm³/mol. The van der Waals surface area contributed by atoms with Gasteiger partial charge < -0.3 is 5.11 Å². The van der Waals surface area contributed by atoms with Crippen LogP contribution in [0.25, 0.3) is 0 Å². The minimum atomic E-state index is -0.790. The molecule has 0 unspecified atom stereocenters. The second-order valence-corrected chi connectivity index (χ2v) is 3.49. The van der Waals surface area contributed by atoms with E-state index < -0.39 is 5.97 Å². The van der Waals surface area contributed by atoms with Crippen LogP contribution in [0.1, 0.15) is 25.7 Å². The maximum atomic E-state index is 10.7. The predicted octanol–water partition coefficient (Wildman–Crippen LogP) is 2.44. The summed E-state index contributed by atoms with van der Waals surface area (Å²) in [5.74, 6) is -0.790. The molecule has 2 heteroatoms. The van der Waals surface area contributed by atoms with Gasteiger partial charge in [-0.15, -0.1) is 0 Å². The number of hydrogen-bond acceptors (Lipinski definition) is 1. The molecular formula is C11H12O2. The zero-order valence-corrected chi connectivity index (χ0v) is 7.42. The van der Waals surface area contributed by atoms with Gasteiger partial charge in [0.05, 0.1) is 0 Å². The fourth-order valence-electron chi connectivity index (χ4n) is 1.85. The third-order valence-electron chi connectivity index (χ3n) is 2.59. The maximum Gasteiger partial charge on any atom is 0.331 e. The van der Waals surface area contributed by atoms with Gasteiger partial charge in [0, 0.05) is 12.0 Å². The molecule has 0 heterocycles. The topological polar surface area (TPSA) is 37.3 Å². The van der Waals surface area contributed by atoms with Crippen LogP contribution in [0.15, 0.2) is 34.9 Å². The van der Waals surface area contributed by atoms with Crippen molar-refractivity contribution in [3.05, 3.63) is 34.9 Å². The van der Waals surface area contributed by atoms with Crippen LogP contribution in [0.3, 0.4) is 0 Å². The van der Waals surface area contributed by atoms with Gasteiger partial charge in [-0.3, -0.25) is 0 Å². The van der Waals surface area contributed by atoms with E-state index in [-0.39, 0.29) is 0 Å². The van der Waals surface area contributed by atoms with Crippen LogP contribution in [-0.4, -0.2) is 11.1 Å². The molecule has 2 nitrogen and oxygen atoms in total. The van der Waals surface area contributed by atoms with Gasteiger partial charge in [-0.2, -0.15) is 0 Å². The highest BCUT2D eigenvalue weighted by Gasteiger charge is 2.18. The quantitative estimate of drug-likeness (QED) is 0.666. The van der Waals surface area contributed by atoms with E-state index in [1.807, 2.05) is 6.08 Å². The number of carboxylic acids is 1. The zero-order valence-electron chi connectivity index (χ0n) is 7.42. The summed E-state index contributed by atoms with van der Waals surface area (Å²) in [6.45, 7) is 0. The van der Waals surface area contributed by atoms with Crippen LogP contribution >= 0.6 is 0 Å². The number of fused-ring (bicyclic) bond motifs is 1. The van der Waals surface area contributed by atoms with Crippen molar-refractivity contribution in [1.82, 2.24) is 0 Å². The third kappa shape index (κ3) is 1.57. The van der Waals surface area contributed by atoms with Crippen molar-refractivity contribution in [2.45, 2.75) is 25.7 Å². The van der Waals surface area contributed by atoms with Crippen molar-refractivity contribution in [3.63, 3.8) is 0 Å². The highest BCUT2D eigenvalue weighted by atomic mass is 16.4. The van der Waals surface area contributed by atoms with Gasteiger partial charge >= 0.3 is 5.97 Å². The third-order valence-corrected chi connectivity index (χ3v) is 2.59. The second-order valence-electron chi connectivity index (χ2n) is 3.49. The molecule has 0 amide bonds. The number of allylic oxidation sites excluding steroid dienone is 5. The molecule has 0 fully saturated rings. The average Bonchev–Trinajstić information content (AvgIpc) is 2.17. The van der Waals surface area contributed by atoms with E-state index in [0.29, 0.717) is 12.0 Å². The smallest absolute Gasteiger partial charge is 0.331 e. The fraction of sp³-hybridized carbons (Fsp3) is 0.364. The molecule has 68 valence electrons. The Labute approximate surface area is 77.3 Å². The summed E-state index contributed by atoms with van der Waals surface area (Å²) in [7, 11) is 0. The SMILES string of the molecule is O=C(O)C1=CC=C2CCCC=C2C1. The molecule has 0 aromatic heterocycles. The number of carboxylic acid groups (broad SMARTS) is 1. The Morgan fingerprint density at radius 2 is 2.15 bits per heavy atom. The summed E-state index contributed by atoms with van der Waals surface area (Å²) in [6, 6.07) is 0. The Bertz CT molecular complexity index is 332. The van der Waals surface area contributed by atoms with Crippen molar-refractivity contribution in [2.75, 3.05) is 0 Å². The lowest BCUT2D eigenvalue weighted by Crippen LogP contribution is -2.08. The number of carbonyl (C=O) groups is 1. The molecule has 0 saturated carbocycles. The van der Waals surface area contributed by atoms with Crippen molar-refractivity contribution in [3.8, 4) is 0 Å². The Morgan fingerprint density at radius 1 is 1.31 bits per heavy atom. The van der Waals surface area contributed by atoms with E-state index in [4.69, 9.17) is 5.11 Å². The van der Waals surface area contributed by atoms with Crippen molar-refractivity contribution in [1.29, 1.82) is 0 Å². The first-order valence-electron chi connectivity index (χ1n) is 4.60. The fourth-order valence-corrected chi connectivity index (χ4v) is 1.85. The van der Waals surface area contributed by atoms with E-state index in [2.05, 4.69) is 6.08 Å². The molecule has 0 saturated heterocycles. The van der Waals surface area contributed by atoms with E-state index >= 15 is 0 Å². The van der Waals surface area contributed by atoms with E-state index in [0.717, 1.165) is 12.8 Å². The van der Waals surface area contributed by atoms with Gasteiger partial charge in [0.1, 0.15) is 0 Å². The monoisotopic (exact) mass is 176 g/mol. The van der Waals surface area contributed by atoms with Crippen molar-refractivity contribution >= 4 is 5.97 Å². The van der Waals surface area contributed by atoms with Gasteiger partial charge in [0.15, 0.2) is 0 Å². The molecule has 2 rings (SSSR count). The van der Waals surface area contributed by atoms with Crippen LogP contribution in [0, 0.1) is 0 Å². The minimum Gasteiger partial charge on any atom is -0.478 e. The van der Waals surface area contributed by atoms with E-state index in [1.165, 1.54) is 17.6 Å². The average molecular weight is 176 g/mol. The number of hydrogen-bond donors (Lipinski definition) is 1. The van der Waals surface area contributed by atoms with Crippen LogP contribution in [-0.2, 0) is 4.79 Å². The van der Waals surface area contributed by atoms with Gasteiger partial charge in [0.2, 0.25) is 0 Å². The van der Waals surface area contributed by atoms with Gasteiger partial charge in [-0.25, -0.2) is 4.79 Å². The summed E-state index contributed by atoms with van der Waals surface area (Å²) < 4.78 is 0. The minimum absolute atomic E-state index is 0.511. The van der Waals surface area contributed by atoms with Crippen LogP contribution in [0.5, 0.6) is 0 Å². The van der Waals surface area contributed by atoms with Crippen LogP contribution in [0.4, 0.5) is 0 Å². The summed E-state index contributed by atoms with van der Waals surface area (Å²) in [4.78, 5) is 10.7. The first-order valence-corrected chi connectivity index (χ1v) is 4.60. The van der Waals surface area contributed by atoms with Gasteiger partial charge in [-0.05, 0) is 30.4 Å². The second kappa shape index (κ2) is 3.21. The lowest BCUT2D eigenvalue weighted by atomic mass is 9.85. The van der Waals surface area contributed by atoms with Gasteiger partial charge in [-0.1, -0.05) is 18.2 Å². The lowest BCUT2D eigenvalue weighted by molar-refractivity contribution is -0.132. The number of rotatable bonds is 1. The van der Waals surface area contributed by atoms with Crippen molar-refractivity contribution in [2.24, 2.45) is 0 Å². The molecule has 0 spiro atoms. The molecule has 13 heavy (non-hydrogen) atoms. The normalized spacial score (nSPS) is 21.1. The molecule has 1 N–H and O–H groups in total. The Balaban J connectivity index is 2.29. The molecule has 0 radical (unpaired) electrons. The standard InChI is InChI=1S/C11H12O2/c12-11(13)10-6-5-8-3-1-2-4-9(8)7-10/h4-6H,1-3,7H2,(H,12,13). The molecule has 2 aliphatic rings. The largest absolute Gasteiger partial charge is 0.478 e. The van der Waals surface area contributed by atoms with Crippen LogP contribution in [0.2, 0.25) is 0 Å². The summed E-state index contributed by atoms with van der Waals surface area (Å²) in [5, 5.41) is 8.80. The highest BCUT2D eigenvalue weighted by molar-refractivity contribution is 5.88.